The quantitative estimate of drug-likeness (QED) is 0.450. The maximum Gasteiger partial charge on any atom is 0.268 e. The van der Waals surface area contributed by atoms with Crippen molar-refractivity contribution in [1.82, 2.24) is 14.3 Å². The lowest BCUT2D eigenvalue weighted by atomic mass is 10.1. The van der Waals surface area contributed by atoms with Gasteiger partial charge in [-0.15, -0.1) is 0 Å². The molecule has 1 fully saturated rings. The molecule has 0 aliphatic carbocycles. The van der Waals surface area contributed by atoms with Crippen molar-refractivity contribution in [3.8, 4) is 0 Å². The Labute approximate surface area is 168 Å². The van der Waals surface area contributed by atoms with Crippen LogP contribution in [0.15, 0.2) is 65.7 Å². The van der Waals surface area contributed by atoms with Gasteiger partial charge in [-0.2, -0.15) is 0 Å². The van der Waals surface area contributed by atoms with Crippen LogP contribution in [-0.2, 0) is 10.0 Å². The third-order valence-corrected chi connectivity index (χ3v) is 7.03. The molecule has 0 radical (unpaired) electrons. The van der Waals surface area contributed by atoms with Gasteiger partial charge in [0.25, 0.3) is 10.0 Å². The highest BCUT2D eigenvalue weighted by atomic mass is 32.2. The zero-order valence-electron chi connectivity index (χ0n) is 15.7. The number of nitrogens with two attached hydrogens (primary N) is 1. The van der Waals surface area contributed by atoms with Crippen LogP contribution in [0.1, 0.15) is 6.42 Å². The van der Waals surface area contributed by atoms with Crippen LogP contribution >= 0.6 is 0 Å². The van der Waals surface area contributed by atoms with E-state index >= 15 is 0 Å². The van der Waals surface area contributed by atoms with E-state index in [1.165, 1.54) is 16.1 Å². The first-order valence-electron chi connectivity index (χ1n) is 9.52. The maximum absolute atomic E-state index is 13.4. The number of hydrogen-bond donors (Lipinski definition) is 3. The number of fused-ring (bicyclic) bond motifs is 3. The van der Waals surface area contributed by atoms with Crippen LogP contribution in [0, 0.1) is 0 Å². The van der Waals surface area contributed by atoms with Crippen LogP contribution in [-0.4, -0.2) is 36.5 Å². The molecule has 7 nitrogen and oxygen atoms in total. The van der Waals surface area contributed by atoms with Crippen molar-refractivity contribution in [2.45, 2.75) is 17.4 Å². The van der Waals surface area contributed by atoms with Crippen molar-refractivity contribution in [3.63, 3.8) is 0 Å². The second kappa shape index (κ2) is 6.75. The smallest absolute Gasteiger partial charge is 0.268 e. The van der Waals surface area contributed by atoms with Gasteiger partial charge >= 0.3 is 0 Å². The summed E-state index contributed by atoms with van der Waals surface area (Å²) in [5.74, 6) is 0.707. The summed E-state index contributed by atoms with van der Waals surface area (Å²) >= 11 is 0. The average molecular weight is 407 g/mol. The number of para-hydroxylation sites is 1. The third kappa shape index (κ3) is 3.01. The molecule has 1 aliphatic heterocycles. The van der Waals surface area contributed by atoms with E-state index in [0.29, 0.717) is 17.0 Å². The number of hydrogen-bond acceptors (Lipinski definition) is 6. The number of anilines is 2. The first-order chi connectivity index (χ1) is 14.0. The second-order valence-electron chi connectivity index (χ2n) is 7.26. The van der Waals surface area contributed by atoms with Crippen molar-refractivity contribution in [2.24, 2.45) is 0 Å². The molecule has 5 rings (SSSR count). The number of nitrogens with zero attached hydrogens (tertiary/aromatic N) is 2. The number of aromatic nitrogens is 2. The first kappa shape index (κ1) is 18.0. The molecule has 0 bridgehead atoms. The molecule has 0 amide bonds. The molecule has 148 valence electrons. The van der Waals surface area contributed by atoms with Gasteiger partial charge in [-0.25, -0.2) is 17.4 Å². The predicted molar refractivity (Wildman–Crippen MR) is 116 cm³/mol. The molecule has 2 aromatic heterocycles. The normalized spacial score (nSPS) is 17.2. The van der Waals surface area contributed by atoms with Crippen molar-refractivity contribution >= 4 is 43.3 Å². The summed E-state index contributed by atoms with van der Waals surface area (Å²) in [6, 6.07) is 15.9. The van der Waals surface area contributed by atoms with E-state index in [0.717, 1.165) is 35.8 Å². The highest BCUT2D eigenvalue weighted by Crippen LogP contribution is 2.33. The highest BCUT2D eigenvalue weighted by molar-refractivity contribution is 7.90. The van der Waals surface area contributed by atoms with Gasteiger partial charge < -0.3 is 16.4 Å². The van der Waals surface area contributed by atoms with Gasteiger partial charge in [-0.05, 0) is 49.4 Å². The van der Waals surface area contributed by atoms with E-state index in [2.05, 4.69) is 10.6 Å². The molecule has 1 atom stereocenters. The van der Waals surface area contributed by atoms with Gasteiger partial charge in [0.05, 0.1) is 15.9 Å². The zero-order chi connectivity index (χ0) is 20.0. The second-order valence-corrected chi connectivity index (χ2v) is 9.07. The Kier molecular flexibility index (Phi) is 4.18. The summed E-state index contributed by atoms with van der Waals surface area (Å²) in [4.78, 5) is 4.98. The van der Waals surface area contributed by atoms with E-state index in [9.17, 15) is 8.42 Å². The van der Waals surface area contributed by atoms with E-state index < -0.39 is 10.0 Å². The Bertz CT molecular complexity index is 1310. The highest BCUT2D eigenvalue weighted by Gasteiger charge is 2.23. The molecule has 4 aromatic rings. The molecule has 2 aromatic carbocycles. The number of benzene rings is 2. The van der Waals surface area contributed by atoms with Crippen LogP contribution < -0.4 is 16.4 Å². The zero-order valence-corrected chi connectivity index (χ0v) is 16.5. The molecule has 0 saturated carbocycles. The van der Waals surface area contributed by atoms with Crippen LogP contribution in [0.25, 0.3) is 21.8 Å². The molecule has 8 heteroatoms. The lowest BCUT2D eigenvalue weighted by Crippen LogP contribution is -2.22. The fourth-order valence-electron chi connectivity index (χ4n) is 3.86. The fourth-order valence-corrected chi connectivity index (χ4v) is 5.22. The molecule has 4 N–H and O–H groups in total. The van der Waals surface area contributed by atoms with Gasteiger partial charge in [0.2, 0.25) is 0 Å². The molecule has 0 spiro atoms. The van der Waals surface area contributed by atoms with Gasteiger partial charge in [0.15, 0.2) is 0 Å². The Balaban J connectivity index is 1.75. The third-order valence-electron chi connectivity index (χ3n) is 5.34. The molecule has 3 heterocycles. The summed E-state index contributed by atoms with van der Waals surface area (Å²) in [7, 11) is -3.78. The lowest BCUT2D eigenvalue weighted by Gasteiger charge is -2.15. The van der Waals surface area contributed by atoms with E-state index in [-0.39, 0.29) is 10.9 Å². The Morgan fingerprint density at radius 1 is 1.07 bits per heavy atom. The molecular weight excluding hydrogens is 386 g/mol. The van der Waals surface area contributed by atoms with Crippen LogP contribution in [0.5, 0.6) is 0 Å². The summed E-state index contributed by atoms with van der Waals surface area (Å²) in [6.07, 6.45) is 2.60. The van der Waals surface area contributed by atoms with Gasteiger partial charge in [-0.3, -0.25) is 0 Å². The van der Waals surface area contributed by atoms with Crippen LogP contribution in [0.4, 0.5) is 11.5 Å². The molecule has 0 unspecified atom stereocenters. The summed E-state index contributed by atoms with van der Waals surface area (Å²) in [6.45, 7) is 1.82. The van der Waals surface area contributed by atoms with Crippen molar-refractivity contribution < 1.29 is 8.42 Å². The monoisotopic (exact) mass is 407 g/mol. The topological polar surface area (TPSA) is 102 Å². The van der Waals surface area contributed by atoms with E-state index in [4.69, 9.17) is 10.7 Å². The number of rotatable bonds is 4. The summed E-state index contributed by atoms with van der Waals surface area (Å²) in [5.41, 5.74) is 7.63. The lowest BCUT2D eigenvalue weighted by molar-refractivity contribution is 0.589. The maximum atomic E-state index is 13.4. The Morgan fingerprint density at radius 3 is 2.62 bits per heavy atom. The van der Waals surface area contributed by atoms with Gasteiger partial charge in [0, 0.05) is 35.2 Å². The molecule has 1 saturated heterocycles. The van der Waals surface area contributed by atoms with E-state index in [1.807, 2.05) is 30.3 Å². The van der Waals surface area contributed by atoms with Gasteiger partial charge in [-0.1, -0.05) is 18.2 Å². The summed E-state index contributed by atoms with van der Waals surface area (Å²) in [5, 5.41) is 8.40. The van der Waals surface area contributed by atoms with E-state index in [1.54, 1.807) is 18.3 Å². The standard InChI is InChI=1S/C21H21N5O2S/c22-14-5-7-16(8-6-14)29(27,28)26-12-10-18-20(26)17-3-1-2-4-19(17)25-21(18)24-15-9-11-23-13-15/h1-8,10,12,15,23H,9,11,13,22H2,(H,24,25)/t15-/m0/s1. The summed E-state index contributed by atoms with van der Waals surface area (Å²) < 4.78 is 28.1. The molecule has 1 aliphatic rings. The minimum absolute atomic E-state index is 0.194. The van der Waals surface area contributed by atoms with Crippen molar-refractivity contribution in [1.29, 1.82) is 0 Å². The Morgan fingerprint density at radius 2 is 1.86 bits per heavy atom. The first-order valence-corrected chi connectivity index (χ1v) is 11.0. The SMILES string of the molecule is Nc1ccc(S(=O)(=O)n2ccc3c(N[C@H]4CCNC4)nc4ccccc4c32)cc1. The number of nitrogen functional groups attached to an aromatic ring is 1. The predicted octanol–water partition coefficient (Wildman–Crippen LogP) is 2.78. The van der Waals surface area contributed by atoms with Crippen LogP contribution in [0.3, 0.4) is 0 Å². The largest absolute Gasteiger partial charge is 0.399 e. The van der Waals surface area contributed by atoms with Crippen molar-refractivity contribution in [3.05, 3.63) is 60.8 Å². The van der Waals surface area contributed by atoms with Crippen LogP contribution in [0.2, 0.25) is 0 Å². The average Bonchev–Trinajstić information content (AvgIpc) is 3.39. The number of pyridine rings is 1. The Hall–Kier alpha value is -3.10. The molecular formula is C21H21N5O2S. The minimum Gasteiger partial charge on any atom is -0.399 e. The van der Waals surface area contributed by atoms with Crippen molar-refractivity contribution in [2.75, 3.05) is 24.1 Å². The molecule has 29 heavy (non-hydrogen) atoms. The minimum atomic E-state index is -3.78. The fraction of sp³-hybridized carbons (Fsp3) is 0.190. The van der Waals surface area contributed by atoms with Gasteiger partial charge in [0.1, 0.15) is 5.82 Å². The number of nitrogens with one attached hydrogen (secondary N) is 2.